The molecule has 2 bridgehead atoms. The molecule has 0 aromatic rings. The lowest BCUT2D eigenvalue weighted by Gasteiger charge is -2.30. The molecule has 0 saturated carbocycles. The molecule has 1 unspecified atom stereocenters. The molecule has 0 aromatic heterocycles. The third-order valence-corrected chi connectivity index (χ3v) is 4.31. The summed E-state index contributed by atoms with van der Waals surface area (Å²) < 4.78 is 0. The predicted molar refractivity (Wildman–Crippen MR) is 82.8 cm³/mol. The van der Waals surface area contributed by atoms with Gasteiger partial charge in [0.15, 0.2) is 0 Å². The highest BCUT2D eigenvalue weighted by Crippen LogP contribution is 2.30. The molecule has 8 nitrogen and oxygen atoms in total. The minimum Gasteiger partial charge on any atom is -0.309 e. The third-order valence-electron chi connectivity index (χ3n) is 4.31. The Morgan fingerprint density at radius 2 is 2.09 bits per heavy atom. The van der Waals surface area contributed by atoms with Crippen molar-refractivity contribution >= 4 is 17.8 Å². The number of nitrogens with zero attached hydrogens (tertiary/aromatic N) is 3. The van der Waals surface area contributed by atoms with Crippen LogP contribution in [0.1, 0.15) is 46.0 Å². The zero-order chi connectivity index (χ0) is 17.0. The highest BCUT2D eigenvalue weighted by Gasteiger charge is 2.48. The lowest BCUT2D eigenvalue weighted by molar-refractivity contribution is -0.141. The van der Waals surface area contributed by atoms with Gasteiger partial charge in [-0.3, -0.25) is 24.9 Å². The van der Waals surface area contributed by atoms with E-state index in [0.717, 1.165) is 19.3 Å². The Balaban J connectivity index is 1.95. The van der Waals surface area contributed by atoms with Crippen LogP contribution in [0.5, 0.6) is 0 Å². The average molecular weight is 326 g/mol. The van der Waals surface area contributed by atoms with Crippen LogP contribution in [0.15, 0.2) is 0 Å². The fraction of sp³-hybridized carbons (Fsp3) is 0.800. The van der Waals surface area contributed by atoms with E-state index in [0.29, 0.717) is 26.0 Å². The fourth-order valence-electron chi connectivity index (χ4n) is 2.92. The van der Waals surface area contributed by atoms with Gasteiger partial charge in [-0.15, -0.1) is 0 Å². The molecule has 0 aliphatic carbocycles. The Morgan fingerprint density at radius 3 is 2.74 bits per heavy atom. The summed E-state index contributed by atoms with van der Waals surface area (Å²) >= 11 is 0. The predicted octanol–water partition coefficient (Wildman–Crippen LogP) is 0.886. The zero-order valence-corrected chi connectivity index (χ0v) is 14.1. The topological polar surface area (TPSA) is 82.2 Å². The minimum atomic E-state index is -0.550. The molecule has 2 aliphatic rings. The Kier molecular flexibility index (Phi) is 5.81. The van der Waals surface area contributed by atoms with Gasteiger partial charge in [-0.05, 0) is 19.3 Å². The van der Waals surface area contributed by atoms with Crippen molar-refractivity contribution in [2.24, 2.45) is 0 Å². The van der Waals surface area contributed by atoms with Crippen LogP contribution in [0.2, 0.25) is 0 Å². The first-order valence-corrected chi connectivity index (χ1v) is 8.29. The molecule has 2 atom stereocenters. The summed E-state index contributed by atoms with van der Waals surface area (Å²) in [6, 6.07) is -0.794. The van der Waals surface area contributed by atoms with E-state index in [1.54, 1.807) is 11.8 Å². The molecular formula is C15H26N4O4. The summed E-state index contributed by atoms with van der Waals surface area (Å²) in [4.78, 5) is 43.5. The summed E-state index contributed by atoms with van der Waals surface area (Å²) in [7, 11) is 1.52. The molecule has 0 spiro atoms. The Bertz CT molecular complexity index is 470. The van der Waals surface area contributed by atoms with E-state index in [9.17, 15) is 14.4 Å². The SMILES string of the molecule is CCCCON1C(=O)N2CC1CC[C@H]2C(=O)NN(C)C(=O)CC. The first-order valence-electron chi connectivity index (χ1n) is 8.29. The molecule has 130 valence electrons. The first-order chi connectivity index (χ1) is 11.0. The summed E-state index contributed by atoms with van der Waals surface area (Å²) in [5, 5.41) is 2.61. The lowest BCUT2D eigenvalue weighted by atomic mass is 10.0. The number of amides is 4. The first kappa shape index (κ1) is 17.5. The second-order valence-corrected chi connectivity index (χ2v) is 5.98. The van der Waals surface area contributed by atoms with Crippen LogP contribution in [0.25, 0.3) is 0 Å². The molecule has 2 fully saturated rings. The maximum Gasteiger partial charge on any atom is 0.345 e. The van der Waals surface area contributed by atoms with Gasteiger partial charge in [-0.25, -0.2) is 4.79 Å². The van der Waals surface area contributed by atoms with Gasteiger partial charge < -0.3 is 4.90 Å². The number of hydrazine groups is 1. The molecule has 23 heavy (non-hydrogen) atoms. The van der Waals surface area contributed by atoms with Crippen molar-refractivity contribution in [1.29, 1.82) is 0 Å². The summed E-state index contributed by atoms with van der Waals surface area (Å²) in [5.41, 5.74) is 2.56. The molecule has 2 saturated heterocycles. The number of unbranched alkanes of at least 4 members (excludes halogenated alkanes) is 1. The van der Waals surface area contributed by atoms with E-state index in [-0.39, 0.29) is 23.9 Å². The highest BCUT2D eigenvalue weighted by molar-refractivity contribution is 5.89. The summed E-state index contributed by atoms with van der Waals surface area (Å²) in [5.74, 6) is -0.499. The second kappa shape index (κ2) is 7.63. The molecule has 2 heterocycles. The quantitative estimate of drug-likeness (QED) is 0.580. The van der Waals surface area contributed by atoms with Crippen molar-refractivity contribution in [2.75, 3.05) is 20.2 Å². The van der Waals surface area contributed by atoms with Crippen molar-refractivity contribution in [2.45, 2.75) is 58.0 Å². The summed E-state index contributed by atoms with van der Waals surface area (Å²) in [6.45, 7) is 4.79. The standard InChI is InChI=1S/C15H26N4O4/c1-4-6-9-23-19-11-7-8-12(18(10-11)15(19)22)14(21)16-17(3)13(20)5-2/h11-12H,4-10H2,1-3H3,(H,16,21)/t11?,12-/m0/s1. The van der Waals surface area contributed by atoms with Crippen LogP contribution in [-0.2, 0) is 14.4 Å². The Labute approximate surface area is 136 Å². The van der Waals surface area contributed by atoms with Gasteiger partial charge in [0.05, 0.1) is 12.6 Å². The summed E-state index contributed by atoms with van der Waals surface area (Å²) in [6.07, 6.45) is 3.50. The van der Waals surface area contributed by atoms with Gasteiger partial charge in [0, 0.05) is 20.0 Å². The normalized spacial score (nSPS) is 23.2. The molecular weight excluding hydrogens is 300 g/mol. The third kappa shape index (κ3) is 3.74. The van der Waals surface area contributed by atoms with E-state index >= 15 is 0 Å². The van der Waals surface area contributed by atoms with Crippen LogP contribution < -0.4 is 5.43 Å². The Hall–Kier alpha value is -1.83. The van der Waals surface area contributed by atoms with Gasteiger partial charge in [0.2, 0.25) is 5.91 Å². The van der Waals surface area contributed by atoms with E-state index in [4.69, 9.17) is 4.84 Å². The molecule has 2 rings (SSSR count). The highest BCUT2D eigenvalue weighted by atomic mass is 16.7. The number of carbonyl (C=O) groups is 3. The van der Waals surface area contributed by atoms with Crippen molar-refractivity contribution in [3.63, 3.8) is 0 Å². The fourth-order valence-corrected chi connectivity index (χ4v) is 2.92. The van der Waals surface area contributed by atoms with E-state index < -0.39 is 6.04 Å². The average Bonchev–Trinajstić information content (AvgIpc) is 2.78. The molecule has 0 aromatic carbocycles. The lowest BCUT2D eigenvalue weighted by Crippen LogP contribution is -2.54. The molecule has 0 radical (unpaired) electrons. The van der Waals surface area contributed by atoms with E-state index in [1.165, 1.54) is 17.1 Å². The van der Waals surface area contributed by atoms with Gasteiger partial charge in [-0.2, -0.15) is 5.06 Å². The number of urea groups is 1. The van der Waals surface area contributed by atoms with Crippen LogP contribution in [0, 0.1) is 0 Å². The molecule has 1 N–H and O–H groups in total. The number of hydrogen-bond acceptors (Lipinski definition) is 4. The van der Waals surface area contributed by atoms with Gasteiger partial charge in [0.25, 0.3) is 5.91 Å². The van der Waals surface area contributed by atoms with Crippen molar-refractivity contribution in [3.05, 3.63) is 0 Å². The zero-order valence-electron chi connectivity index (χ0n) is 14.1. The molecule has 2 aliphatic heterocycles. The van der Waals surface area contributed by atoms with Crippen LogP contribution >= 0.6 is 0 Å². The van der Waals surface area contributed by atoms with Gasteiger partial charge >= 0.3 is 6.03 Å². The number of carbonyl (C=O) groups excluding carboxylic acids is 3. The molecule has 8 heteroatoms. The van der Waals surface area contributed by atoms with E-state index in [1.807, 2.05) is 0 Å². The number of fused-ring (bicyclic) bond motifs is 2. The van der Waals surface area contributed by atoms with E-state index in [2.05, 4.69) is 12.3 Å². The van der Waals surface area contributed by atoms with Crippen molar-refractivity contribution < 1.29 is 19.2 Å². The molecule has 4 amide bonds. The largest absolute Gasteiger partial charge is 0.345 e. The van der Waals surface area contributed by atoms with Crippen LogP contribution in [-0.4, -0.2) is 65.1 Å². The number of piperidine rings is 1. The van der Waals surface area contributed by atoms with Gasteiger partial charge in [-0.1, -0.05) is 20.3 Å². The number of nitrogens with one attached hydrogen (secondary N) is 1. The number of rotatable bonds is 6. The number of hydrogen-bond donors (Lipinski definition) is 1. The monoisotopic (exact) mass is 326 g/mol. The van der Waals surface area contributed by atoms with Gasteiger partial charge in [0.1, 0.15) is 6.04 Å². The number of hydroxylamine groups is 2. The van der Waals surface area contributed by atoms with Crippen LogP contribution in [0.4, 0.5) is 4.79 Å². The minimum absolute atomic E-state index is 0.0124. The van der Waals surface area contributed by atoms with Crippen LogP contribution in [0.3, 0.4) is 0 Å². The van der Waals surface area contributed by atoms with Crippen molar-refractivity contribution in [1.82, 2.24) is 20.4 Å². The smallest absolute Gasteiger partial charge is 0.309 e. The maximum absolute atomic E-state index is 12.4. The second-order valence-electron chi connectivity index (χ2n) is 5.98. The van der Waals surface area contributed by atoms with Crippen molar-refractivity contribution in [3.8, 4) is 0 Å². The maximum atomic E-state index is 12.4. The Morgan fingerprint density at radius 1 is 1.35 bits per heavy atom.